The minimum absolute atomic E-state index is 0.597. The van der Waals surface area contributed by atoms with Crippen molar-refractivity contribution in [2.45, 2.75) is 12.8 Å². The van der Waals surface area contributed by atoms with Crippen LogP contribution in [0.3, 0.4) is 0 Å². The maximum atomic E-state index is 11.2. The van der Waals surface area contributed by atoms with Crippen LogP contribution in [0.25, 0.3) is 12.2 Å². The van der Waals surface area contributed by atoms with Gasteiger partial charge in [0.2, 0.25) is 0 Å². The third-order valence-electron chi connectivity index (χ3n) is 2.43. The second-order valence-electron chi connectivity index (χ2n) is 3.46. The average molecular weight is 220 g/mol. The van der Waals surface area contributed by atoms with E-state index in [9.17, 15) is 9.59 Å². The van der Waals surface area contributed by atoms with Crippen molar-refractivity contribution in [2.75, 3.05) is 7.11 Å². The molecule has 1 aliphatic carbocycles. The number of aromatic nitrogens is 2. The van der Waals surface area contributed by atoms with Gasteiger partial charge < -0.3 is 14.7 Å². The number of aromatic amines is 2. The van der Waals surface area contributed by atoms with Crippen LogP contribution >= 0.6 is 0 Å². The summed E-state index contributed by atoms with van der Waals surface area (Å²) < 4.78 is 5.14. The Morgan fingerprint density at radius 3 is 2.31 bits per heavy atom. The van der Waals surface area contributed by atoms with Gasteiger partial charge in [-0.15, -0.1) is 0 Å². The molecule has 0 unspecified atom stereocenters. The van der Waals surface area contributed by atoms with Crippen molar-refractivity contribution in [1.29, 1.82) is 0 Å². The van der Waals surface area contributed by atoms with E-state index in [0.717, 1.165) is 5.76 Å². The third-order valence-corrected chi connectivity index (χ3v) is 2.43. The van der Waals surface area contributed by atoms with E-state index in [2.05, 4.69) is 9.97 Å². The average Bonchev–Trinajstić information content (AvgIpc) is 2.25. The van der Waals surface area contributed by atoms with Crippen LogP contribution in [-0.4, -0.2) is 17.1 Å². The molecule has 84 valence electrons. The molecule has 5 nitrogen and oxygen atoms in total. The molecule has 2 N–H and O–H groups in total. The fraction of sp³-hybridized carbons (Fsp3) is 0.273. The number of fused-ring (bicyclic) bond motifs is 1. The maximum absolute atomic E-state index is 11.2. The van der Waals surface area contributed by atoms with Gasteiger partial charge in [-0.05, 0) is 12.5 Å². The van der Waals surface area contributed by atoms with Gasteiger partial charge in [0.1, 0.15) is 0 Å². The SMILES string of the molecule is CO/C1=C/CC=c2[nH]c(=O)c(=O)[nH]c2=CC1. The van der Waals surface area contributed by atoms with Gasteiger partial charge in [0.25, 0.3) is 0 Å². The molecule has 1 aromatic rings. The minimum atomic E-state index is -0.632. The maximum Gasteiger partial charge on any atom is 0.314 e. The standard InChI is InChI=1S/C11H12N2O3/c1-16-7-3-2-4-8-9(6-5-7)13-11(15)10(14)12-8/h3-4,6H,2,5H2,1H3,(H,12,14)(H,13,15)/b7-3+,8-4?,9-6?. The summed E-state index contributed by atoms with van der Waals surface area (Å²) in [6.07, 6.45) is 6.84. The second-order valence-corrected chi connectivity index (χ2v) is 3.46. The highest BCUT2D eigenvalue weighted by Crippen LogP contribution is 2.05. The molecule has 16 heavy (non-hydrogen) atoms. The van der Waals surface area contributed by atoms with Crippen LogP contribution in [0.1, 0.15) is 12.8 Å². The Labute approximate surface area is 90.8 Å². The normalized spacial score (nSPS) is 17.9. The van der Waals surface area contributed by atoms with Crippen molar-refractivity contribution < 1.29 is 4.74 Å². The highest BCUT2D eigenvalue weighted by atomic mass is 16.5. The number of allylic oxidation sites excluding steroid dienone is 2. The van der Waals surface area contributed by atoms with Gasteiger partial charge in [0.15, 0.2) is 0 Å². The van der Waals surface area contributed by atoms with E-state index in [4.69, 9.17) is 4.74 Å². The van der Waals surface area contributed by atoms with Crippen molar-refractivity contribution in [2.24, 2.45) is 0 Å². The molecule has 0 fully saturated rings. The summed E-state index contributed by atoms with van der Waals surface area (Å²) in [7, 11) is 1.61. The summed E-state index contributed by atoms with van der Waals surface area (Å²) in [5.74, 6) is 0.842. The van der Waals surface area contributed by atoms with Crippen molar-refractivity contribution in [3.63, 3.8) is 0 Å². The lowest BCUT2D eigenvalue weighted by Crippen LogP contribution is -2.46. The lowest BCUT2D eigenvalue weighted by Gasteiger charge is -2.03. The predicted octanol–water partition coefficient (Wildman–Crippen LogP) is -1.05. The number of nitrogens with one attached hydrogen (secondary N) is 2. The predicted molar refractivity (Wildman–Crippen MR) is 60.2 cm³/mol. The van der Waals surface area contributed by atoms with Crippen LogP contribution in [0.5, 0.6) is 0 Å². The Hall–Kier alpha value is -2.04. The molecule has 0 radical (unpaired) electrons. The molecule has 0 spiro atoms. The Balaban J connectivity index is 2.65. The molecule has 5 heteroatoms. The number of rotatable bonds is 1. The first-order chi connectivity index (χ1) is 7.70. The molecule has 0 aromatic carbocycles. The number of hydrogen-bond acceptors (Lipinski definition) is 3. The zero-order valence-corrected chi connectivity index (χ0v) is 8.87. The van der Waals surface area contributed by atoms with Crippen LogP contribution < -0.4 is 21.8 Å². The summed E-state index contributed by atoms with van der Waals surface area (Å²) in [5, 5.41) is 1.28. The van der Waals surface area contributed by atoms with Crippen LogP contribution in [-0.2, 0) is 4.74 Å². The highest BCUT2D eigenvalue weighted by molar-refractivity contribution is 5.33. The molecule has 0 amide bonds. The topological polar surface area (TPSA) is 75.0 Å². The van der Waals surface area contributed by atoms with E-state index in [0.29, 0.717) is 23.5 Å². The van der Waals surface area contributed by atoms with Crippen LogP contribution in [0, 0.1) is 0 Å². The number of H-pyrrole nitrogens is 2. The van der Waals surface area contributed by atoms with Crippen LogP contribution in [0.15, 0.2) is 21.4 Å². The molecule has 1 heterocycles. The zero-order chi connectivity index (χ0) is 11.5. The number of hydrogen-bond donors (Lipinski definition) is 2. The largest absolute Gasteiger partial charge is 0.501 e. The van der Waals surface area contributed by atoms with Gasteiger partial charge >= 0.3 is 11.1 Å². The fourth-order valence-corrected chi connectivity index (χ4v) is 1.58. The summed E-state index contributed by atoms with van der Waals surface area (Å²) in [6, 6.07) is 0. The summed E-state index contributed by atoms with van der Waals surface area (Å²) in [6.45, 7) is 0. The Morgan fingerprint density at radius 1 is 1.06 bits per heavy atom. The van der Waals surface area contributed by atoms with Crippen LogP contribution in [0.4, 0.5) is 0 Å². The molecular formula is C11H12N2O3. The molecular weight excluding hydrogens is 208 g/mol. The summed E-state index contributed by atoms with van der Waals surface area (Å²) >= 11 is 0. The monoisotopic (exact) mass is 220 g/mol. The highest BCUT2D eigenvalue weighted by Gasteiger charge is 1.99. The molecule has 0 atom stereocenters. The van der Waals surface area contributed by atoms with Crippen molar-refractivity contribution in [3.05, 3.63) is 43.2 Å². The van der Waals surface area contributed by atoms with Gasteiger partial charge in [-0.3, -0.25) is 9.59 Å². The Kier molecular flexibility index (Phi) is 2.76. The zero-order valence-electron chi connectivity index (χ0n) is 8.87. The van der Waals surface area contributed by atoms with Crippen molar-refractivity contribution in [1.82, 2.24) is 9.97 Å². The van der Waals surface area contributed by atoms with E-state index < -0.39 is 11.1 Å². The molecule has 2 rings (SSSR count). The van der Waals surface area contributed by atoms with Gasteiger partial charge in [0.05, 0.1) is 23.6 Å². The van der Waals surface area contributed by atoms with Crippen LogP contribution in [0.2, 0.25) is 0 Å². The lowest BCUT2D eigenvalue weighted by molar-refractivity contribution is 0.285. The Morgan fingerprint density at radius 2 is 1.69 bits per heavy atom. The van der Waals surface area contributed by atoms with Gasteiger partial charge in [0, 0.05) is 6.42 Å². The smallest absolute Gasteiger partial charge is 0.314 e. The summed E-state index contributed by atoms with van der Waals surface area (Å²) in [4.78, 5) is 27.4. The van der Waals surface area contributed by atoms with E-state index in [1.54, 1.807) is 7.11 Å². The lowest BCUT2D eigenvalue weighted by atomic mass is 10.2. The number of ether oxygens (including phenoxy) is 1. The fourth-order valence-electron chi connectivity index (χ4n) is 1.58. The van der Waals surface area contributed by atoms with Crippen molar-refractivity contribution >= 4 is 12.2 Å². The molecule has 0 saturated carbocycles. The number of methoxy groups -OCH3 is 1. The summed E-state index contributed by atoms with van der Waals surface area (Å²) in [5.41, 5.74) is -1.26. The van der Waals surface area contributed by atoms with Crippen molar-refractivity contribution in [3.8, 4) is 0 Å². The third kappa shape index (κ3) is 1.98. The second kappa shape index (κ2) is 4.22. The Bertz CT molecular complexity index is 649. The van der Waals surface area contributed by atoms with E-state index in [1.807, 2.05) is 18.2 Å². The molecule has 0 bridgehead atoms. The molecule has 1 aromatic heterocycles. The molecule has 0 saturated heterocycles. The quantitative estimate of drug-likeness (QED) is 0.593. The first-order valence-electron chi connectivity index (χ1n) is 4.96. The molecule has 1 aliphatic rings. The minimum Gasteiger partial charge on any atom is -0.501 e. The molecule has 0 aliphatic heterocycles. The first kappa shape index (κ1) is 10.5. The first-order valence-corrected chi connectivity index (χ1v) is 4.96. The van der Waals surface area contributed by atoms with Gasteiger partial charge in [-0.1, -0.05) is 12.2 Å². The van der Waals surface area contributed by atoms with E-state index in [1.165, 1.54) is 0 Å². The van der Waals surface area contributed by atoms with Gasteiger partial charge in [-0.2, -0.15) is 0 Å². The van der Waals surface area contributed by atoms with E-state index in [-0.39, 0.29) is 0 Å². The van der Waals surface area contributed by atoms with E-state index >= 15 is 0 Å². The van der Waals surface area contributed by atoms with Gasteiger partial charge in [-0.25, -0.2) is 0 Å².